The Bertz CT molecular complexity index is 522. The summed E-state index contributed by atoms with van der Waals surface area (Å²) in [5, 5.41) is 0. The molecule has 2 saturated carbocycles. The van der Waals surface area contributed by atoms with Crippen molar-refractivity contribution < 1.29 is 13.6 Å². The molecule has 0 radical (unpaired) electrons. The molecule has 2 aliphatic carbocycles. The third-order valence-corrected chi connectivity index (χ3v) is 13.4. The maximum Gasteiger partial charge on any atom is 0.192 e. The fourth-order valence-electron chi connectivity index (χ4n) is 6.44. The number of rotatable bonds is 10. The van der Waals surface area contributed by atoms with Crippen LogP contribution in [0.4, 0.5) is 4.39 Å². The number of Topliss-reactive ketones (excluding diaryl/α,β-unsaturated/α-hetero) is 1. The van der Waals surface area contributed by atoms with E-state index in [9.17, 15) is 4.79 Å². The van der Waals surface area contributed by atoms with E-state index in [1.54, 1.807) is 0 Å². The summed E-state index contributed by atoms with van der Waals surface area (Å²) in [5.41, 5.74) is -0.221. The topological polar surface area (TPSA) is 26.3 Å². The lowest BCUT2D eigenvalue weighted by Crippen LogP contribution is -2.45. The van der Waals surface area contributed by atoms with Gasteiger partial charge < -0.3 is 4.43 Å². The van der Waals surface area contributed by atoms with Crippen molar-refractivity contribution in [1.82, 2.24) is 0 Å². The predicted molar refractivity (Wildman–Crippen MR) is 119 cm³/mol. The number of hydrogen-bond donors (Lipinski definition) is 0. The molecule has 2 unspecified atom stereocenters. The molecule has 2 aliphatic rings. The quantitative estimate of drug-likeness (QED) is 0.351. The fraction of sp³-hybridized carbons (Fsp3) is 0.958. The lowest BCUT2D eigenvalue weighted by atomic mass is 9.61. The molecule has 0 aromatic rings. The minimum absolute atomic E-state index is 0.0276. The first-order chi connectivity index (χ1) is 13.0. The first kappa shape index (κ1) is 24.1. The Morgan fingerprint density at radius 1 is 1.21 bits per heavy atom. The molecule has 0 bridgehead atoms. The number of carbonyl (C=O) groups is 1. The lowest BCUT2D eigenvalue weighted by Gasteiger charge is -2.43. The number of fused-ring (bicyclic) bond motifs is 1. The molecule has 28 heavy (non-hydrogen) atoms. The number of carbonyl (C=O) groups excluding carboxylic acids is 1. The Hall–Kier alpha value is -0.223. The van der Waals surface area contributed by atoms with E-state index in [1.165, 1.54) is 0 Å². The number of alkyl halides is 1. The molecular weight excluding hydrogens is 367 g/mol. The van der Waals surface area contributed by atoms with Crippen molar-refractivity contribution in [2.75, 3.05) is 0 Å². The van der Waals surface area contributed by atoms with Crippen LogP contribution in [-0.2, 0) is 9.22 Å². The summed E-state index contributed by atoms with van der Waals surface area (Å²) in [7, 11) is -1.68. The predicted octanol–water partition coefficient (Wildman–Crippen LogP) is 7.33. The second-order valence-corrected chi connectivity index (χ2v) is 15.3. The third kappa shape index (κ3) is 4.91. The fourth-order valence-corrected chi connectivity index (χ4v) is 9.65. The highest BCUT2D eigenvalue weighted by Gasteiger charge is 2.53. The van der Waals surface area contributed by atoms with Gasteiger partial charge in [0.05, 0.1) is 5.60 Å². The van der Waals surface area contributed by atoms with Crippen molar-refractivity contribution in [3.63, 3.8) is 0 Å². The summed E-state index contributed by atoms with van der Waals surface area (Å²) >= 11 is 0. The van der Waals surface area contributed by atoms with Gasteiger partial charge >= 0.3 is 0 Å². The van der Waals surface area contributed by atoms with E-state index < -0.39 is 14.5 Å². The molecule has 0 spiro atoms. The molecule has 0 amide bonds. The summed E-state index contributed by atoms with van der Waals surface area (Å²) < 4.78 is 22.0. The zero-order valence-corrected chi connectivity index (χ0v) is 20.6. The van der Waals surface area contributed by atoms with Crippen LogP contribution in [0, 0.1) is 23.2 Å². The van der Waals surface area contributed by atoms with Crippen molar-refractivity contribution in [3.05, 3.63) is 0 Å². The molecular formula is C24H45FO2Si. The molecule has 5 atom stereocenters. The van der Waals surface area contributed by atoms with Crippen LogP contribution in [0.3, 0.4) is 0 Å². The van der Waals surface area contributed by atoms with Gasteiger partial charge in [0, 0.05) is 12.3 Å². The van der Waals surface area contributed by atoms with Crippen molar-refractivity contribution >= 4 is 14.1 Å². The average Bonchev–Trinajstić information content (AvgIpc) is 3.02. The summed E-state index contributed by atoms with van der Waals surface area (Å²) in [6.45, 7) is 15.4. The largest absolute Gasteiger partial charge is 0.412 e. The van der Waals surface area contributed by atoms with Crippen LogP contribution in [-0.4, -0.2) is 25.9 Å². The molecule has 4 heteroatoms. The normalized spacial score (nSPS) is 30.9. The molecule has 0 N–H and O–H groups in total. The highest BCUT2D eigenvalue weighted by molar-refractivity contribution is 6.73. The first-order valence-corrected chi connectivity index (χ1v) is 14.4. The summed E-state index contributed by atoms with van der Waals surface area (Å²) in [6, 6.07) is 3.40. The number of halogens is 1. The Labute approximate surface area is 174 Å². The van der Waals surface area contributed by atoms with Gasteiger partial charge in [-0.3, -0.25) is 4.79 Å². The van der Waals surface area contributed by atoms with E-state index in [4.69, 9.17) is 4.43 Å². The highest BCUT2D eigenvalue weighted by Crippen LogP contribution is 2.57. The maximum absolute atomic E-state index is 15.4. The zero-order chi connectivity index (χ0) is 21.2. The molecule has 2 fully saturated rings. The van der Waals surface area contributed by atoms with E-state index in [0.29, 0.717) is 18.1 Å². The van der Waals surface area contributed by atoms with Crippen LogP contribution in [0.15, 0.2) is 0 Å². The minimum atomic E-state index is -1.68. The van der Waals surface area contributed by atoms with Crippen molar-refractivity contribution in [2.24, 2.45) is 23.2 Å². The molecule has 2 rings (SSSR count). The van der Waals surface area contributed by atoms with Gasteiger partial charge in [0.2, 0.25) is 0 Å². The molecule has 0 saturated heterocycles. The number of hydrogen-bond acceptors (Lipinski definition) is 2. The van der Waals surface area contributed by atoms with E-state index in [2.05, 4.69) is 48.5 Å². The second-order valence-electron chi connectivity index (χ2n) is 10.6. The second kappa shape index (κ2) is 9.28. The molecule has 0 aromatic heterocycles. The van der Waals surface area contributed by atoms with E-state index in [0.717, 1.165) is 56.7 Å². The molecule has 2 nitrogen and oxygen atoms in total. The highest BCUT2D eigenvalue weighted by atomic mass is 28.4. The standard InChI is InChI=1S/C24H45FO2Si/c1-8-28(9-2,10-3)27-23(5,6)17-15-21(25)18(4)19-13-14-20-22(26)12-11-16-24(19,20)7/h18-21H,8-17H2,1-7H3/t18?,19-,20+,21?,24-/m1/s1. The van der Waals surface area contributed by atoms with Gasteiger partial charge in [-0.25, -0.2) is 4.39 Å². The van der Waals surface area contributed by atoms with Gasteiger partial charge in [0.25, 0.3) is 0 Å². The molecule has 0 heterocycles. The minimum Gasteiger partial charge on any atom is -0.412 e. The Kier molecular flexibility index (Phi) is 7.97. The van der Waals surface area contributed by atoms with Crippen LogP contribution >= 0.6 is 0 Å². The van der Waals surface area contributed by atoms with Gasteiger partial charge in [0.1, 0.15) is 12.0 Å². The first-order valence-electron chi connectivity index (χ1n) is 11.9. The monoisotopic (exact) mass is 412 g/mol. The molecule has 0 aromatic carbocycles. The summed E-state index contributed by atoms with van der Waals surface area (Å²) in [4.78, 5) is 12.4. The van der Waals surface area contributed by atoms with Gasteiger partial charge in [-0.15, -0.1) is 0 Å². The summed E-state index contributed by atoms with van der Waals surface area (Å²) in [5.74, 6) is 0.998. The third-order valence-electron chi connectivity index (χ3n) is 8.59. The molecule has 0 aliphatic heterocycles. The lowest BCUT2D eigenvalue weighted by molar-refractivity contribution is -0.130. The van der Waals surface area contributed by atoms with E-state index in [-0.39, 0.29) is 22.9 Å². The zero-order valence-electron chi connectivity index (χ0n) is 19.6. The van der Waals surface area contributed by atoms with Crippen LogP contribution in [0.5, 0.6) is 0 Å². The van der Waals surface area contributed by atoms with E-state index >= 15 is 4.39 Å². The Morgan fingerprint density at radius 3 is 2.39 bits per heavy atom. The number of ketones is 1. The van der Waals surface area contributed by atoms with Crippen LogP contribution < -0.4 is 0 Å². The van der Waals surface area contributed by atoms with E-state index in [1.807, 2.05) is 0 Å². The molecule has 164 valence electrons. The van der Waals surface area contributed by atoms with Crippen LogP contribution in [0.25, 0.3) is 0 Å². The van der Waals surface area contributed by atoms with Crippen LogP contribution in [0.2, 0.25) is 18.1 Å². The van der Waals surface area contributed by atoms with Crippen molar-refractivity contribution in [3.8, 4) is 0 Å². The van der Waals surface area contributed by atoms with Gasteiger partial charge in [-0.1, -0.05) is 34.6 Å². The van der Waals surface area contributed by atoms with Crippen molar-refractivity contribution in [2.45, 2.75) is 123 Å². The summed E-state index contributed by atoms with van der Waals surface area (Å²) in [6.07, 6.45) is 5.36. The smallest absolute Gasteiger partial charge is 0.192 e. The van der Waals surface area contributed by atoms with Gasteiger partial charge in [-0.05, 0) is 87.8 Å². The average molecular weight is 413 g/mol. The maximum atomic E-state index is 15.4. The Balaban J connectivity index is 1.97. The Morgan fingerprint density at radius 2 is 1.82 bits per heavy atom. The van der Waals surface area contributed by atoms with Crippen LogP contribution in [0.1, 0.15) is 93.4 Å². The SMILES string of the molecule is CC[Si](CC)(CC)OC(C)(C)CCC(F)C(C)[C@H]1CC[C@H]2C(=O)CCC[C@]12C. The van der Waals surface area contributed by atoms with Gasteiger partial charge in [-0.2, -0.15) is 0 Å². The van der Waals surface area contributed by atoms with Gasteiger partial charge in [0.15, 0.2) is 8.32 Å². The van der Waals surface area contributed by atoms with Crippen molar-refractivity contribution in [1.29, 1.82) is 0 Å².